The van der Waals surface area contributed by atoms with Gasteiger partial charge in [0, 0.05) is 34.3 Å². The summed E-state index contributed by atoms with van der Waals surface area (Å²) in [6, 6.07) is 19.2. The second kappa shape index (κ2) is 9.07. The summed E-state index contributed by atoms with van der Waals surface area (Å²) in [4.78, 5) is 29.2. The Kier molecular flexibility index (Phi) is 5.26. The fraction of sp³-hybridized carbons (Fsp3) is 0.0333. The summed E-state index contributed by atoms with van der Waals surface area (Å²) in [5.74, 6) is -0.180. The largest absolute Gasteiger partial charge is 0.352 e. The molecule has 0 spiro atoms. The number of carbonyl (C=O) groups is 1. The Bertz CT molecular complexity index is 1980. The van der Waals surface area contributed by atoms with E-state index in [9.17, 15) is 4.79 Å². The van der Waals surface area contributed by atoms with Crippen LogP contribution in [-0.4, -0.2) is 40.6 Å². The monoisotopic (exact) mass is 510 g/mol. The van der Waals surface area contributed by atoms with Gasteiger partial charge in [0.2, 0.25) is 0 Å². The molecule has 39 heavy (non-hydrogen) atoms. The van der Waals surface area contributed by atoms with Crippen molar-refractivity contribution in [2.75, 3.05) is 5.32 Å². The van der Waals surface area contributed by atoms with Crippen molar-refractivity contribution in [2.24, 2.45) is 0 Å². The molecule has 3 N–H and O–H groups in total. The molecule has 2 aromatic carbocycles. The minimum atomic E-state index is -0.180. The number of amides is 1. The second-order valence-corrected chi connectivity index (χ2v) is 9.34. The van der Waals surface area contributed by atoms with Crippen LogP contribution in [0.25, 0.3) is 50.0 Å². The molecule has 7 rings (SSSR count). The molecule has 188 valence electrons. The molecule has 0 fully saturated rings. The number of aryl methyl sites for hydroxylation is 1. The van der Waals surface area contributed by atoms with E-state index in [1.54, 1.807) is 30.9 Å². The Hall–Kier alpha value is -5.57. The molecule has 0 unspecified atom stereocenters. The number of aromatic amines is 2. The third-order valence-corrected chi connectivity index (χ3v) is 6.70. The number of hydrogen-bond acceptors (Lipinski definition) is 5. The maximum absolute atomic E-state index is 12.6. The molecule has 5 heterocycles. The first kappa shape index (κ1) is 22.6. The highest BCUT2D eigenvalue weighted by molar-refractivity contribution is 6.04. The Morgan fingerprint density at radius 3 is 2.59 bits per heavy atom. The summed E-state index contributed by atoms with van der Waals surface area (Å²) < 4.78 is 1.97. The molecule has 5 aromatic heterocycles. The minimum Gasteiger partial charge on any atom is -0.352 e. The zero-order valence-corrected chi connectivity index (χ0v) is 20.9. The number of benzene rings is 2. The van der Waals surface area contributed by atoms with Crippen molar-refractivity contribution in [2.45, 2.75) is 6.92 Å². The SMILES string of the molecule is Cc1cn(-c2cncc3[nH]c(-c4n[nH]c5ccc(-c6cncc(NC(=O)c7ccccc7)c6)cc45)cc23)cn1. The van der Waals surface area contributed by atoms with Gasteiger partial charge in [0.15, 0.2) is 0 Å². The Morgan fingerprint density at radius 1 is 0.872 bits per heavy atom. The molecule has 0 saturated heterocycles. The van der Waals surface area contributed by atoms with E-state index in [2.05, 4.69) is 47.6 Å². The Labute approximate surface area is 222 Å². The number of rotatable bonds is 5. The van der Waals surface area contributed by atoms with E-state index in [0.29, 0.717) is 11.3 Å². The number of H-pyrrole nitrogens is 2. The van der Waals surface area contributed by atoms with Gasteiger partial charge in [-0.15, -0.1) is 0 Å². The zero-order valence-electron chi connectivity index (χ0n) is 20.9. The summed E-state index contributed by atoms with van der Waals surface area (Å²) in [7, 11) is 0. The molecule has 0 aliphatic heterocycles. The Morgan fingerprint density at radius 2 is 1.74 bits per heavy atom. The predicted octanol–water partition coefficient (Wildman–Crippen LogP) is 5.91. The number of nitrogens with zero attached hydrogens (tertiary/aromatic N) is 5. The molecule has 0 radical (unpaired) electrons. The van der Waals surface area contributed by atoms with Gasteiger partial charge in [-0.2, -0.15) is 5.10 Å². The summed E-state index contributed by atoms with van der Waals surface area (Å²) in [5, 5.41) is 12.7. The number of nitrogens with one attached hydrogen (secondary N) is 3. The summed E-state index contributed by atoms with van der Waals surface area (Å²) in [6.07, 6.45) is 10.8. The quantitative estimate of drug-likeness (QED) is 0.266. The van der Waals surface area contributed by atoms with Gasteiger partial charge in [0.05, 0.1) is 58.7 Å². The van der Waals surface area contributed by atoms with Crippen LogP contribution in [0.5, 0.6) is 0 Å². The van der Waals surface area contributed by atoms with Crippen molar-refractivity contribution in [1.82, 2.24) is 34.7 Å². The van der Waals surface area contributed by atoms with Crippen molar-refractivity contribution in [3.63, 3.8) is 0 Å². The number of pyridine rings is 2. The molecule has 0 saturated carbocycles. The molecule has 0 bridgehead atoms. The van der Waals surface area contributed by atoms with Crippen LogP contribution in [0.4, 0.5) is 5.69 Å². The molecule has 0 aliphatic carbocycles. The lowest BCUT2D eigenvalue weighted by atomic mass is 10.0. The van der Waals surface area contributed by atoms with E-state index >= 15 is 0 Å². The zero-order chi connectivity index (χ0) is 26.3. The van der Waals surface area contributed by atoms with Crippen molar-refractivity contribution in [3.05, 3.63) is 109 Å². The van der Waals surface area contributed by atoms with Gasteiger partial charge in [0.25, 0.3) is 5.91 Å². The van der Waals surface area contributed by atoms with E-state index < -0.39 is 0 Å². The average molecular weight is 511 g/mol. The minimum absolute atomic E-state index is 0.180. The van der Waals surface area contributed by atoms with E-state index in [1.165, 1.54) is 0 Å². The third kappa shape index (κ3) is 4.11. The van der Waals surface area contributed by atoms with Crippen LogP contribution in [0.15, 0.2) is 98.0 Å². The smallest absolute Gasteiger partial charge is 0.255 e. The van der Waals surface area contributed by atoms with Gasteiger partial charge in [-0.25, -0.2) is 4.98 Å². The highest BCUT2D eigenvalue weighted by Gasteiger charge is 2.15. The van der Waals surface area contributed by atoms with Crippen molar-refractivity contribution < 1.29 is 4.79 Å². The van der Waals surface area contributed by atoms with E-state index in [1.807, 2.05) is 66.5 Å². The van der Waals surface area contributed by atoms with Gasteiger partial charge in [0.1, 0.15) is 5.69 Å². The predicted molar refractivity (Wildman–Crippen MR) is 151 cm³/mol. The van der Waals surface area contributed by atoms with Crippen molar-refractivity contribution in [1.29, 1.82) is 0 Å². The van der Waals surface area contributed by atoms with Crippen LogP contribution in [0.2, 0.25) is 0 Å². The van der Waals surface area contributed by atoms with Crippen LogP contribution in [0, 0.1) is 6.92 Å². The number of carbonyl (C=O) groups excluding carboxylic acids is 1. The number of aromatic nitrogens is 7. The summed E-state index contributed by atoms with van der Waals surface area (Å²) in [6.45, 7) is 1.96. The molecular weight excluding hydrogens is 488 g/mol. The lowest BCUT2D eigenvalue weighted by molar-refractivity contribution is 0.102. The first-order valence-electron chi connectivity index (χ1n) is 12.4. The van der Waals surface area contributed by atoms with Gasteiger partial charge >= 0.3 is 0 Å². The maximum atomic E-state index is 12.6. The first-order chi connectivity index (χ1) is 19.1. The van der Waals surface area contributed by atoms with Gasteiger partial charge in [-0.05, 0) is 48.9 Å². The molecule has 1 amide bonds. The fourth-order valence-corrected chi connectivity index (χ4v) is 4.78. The number of anilines is 1. The van der Waals surface area contributed by atoms with Gasteiger partial charge < -0.3 is 14.9 Å². The molecule has 9 nitrogen and oxygen atoms in total. The molecule has 7 aromatic rings. The topological polar surface area (TPSA) is 117 Å². The number of fused-ring (bicyclic) bond motifs is 2. The van der Waals surface area contributed by atoms with Crippen molar-refractivity contribution in [3.8, 4) is 28.2 Å². The van der Waals surface area contributed by atoms with E-state index in [4.69, 9.17) is 0 Å². The highest BCUT2D eigenvalue weighted by Crippen LogP contribution is 2.33. The number of imidazole rings is 1. The van der Waals surface area contributed by atoms with Crippen LogP contribution in [0.1, 0.15) is 16.1 Å². The third-order valence-electron chi connectivity index (χ3n) is 6.70. The summed E-state index contributed by atoms with van der Waals surface area (Å²) >= 11 is 0. The fourth-order valence-electron chi connectivity index (χ4n) is 4.78. The molecule has 0 aliphatic rings. The first-order valence-corrected chi connectivity index (χ1v) is 12.4. The van der Waals surface area contributed by atoms with Crippen LogP contribution in [0.3, 0.4) is 0 Å². The van der Waals surface area contributed by atoms with E-state index in [0.717, 1.165) is 55.7 Å². The maximum Gasteiger partial charge on any atom is 0.255 e. The summed E-state index contributed by atoms with van der Waals surface area (Å²) in [5.41, 5.74) is 8.44. The Balaban J connectivity index is 1.25. The molecule has 9 heteroatoms. The molecule has 0 atom stereocenters. The lowest BCUT2D eigenvalue weighted by Gasteiger charge is -2.08. The van der Waals surface area contributed by atoms with Gasteiger partial charge in [-0.1, -0.05) is 24.3 Å². The van der Waals surface area contributed by atoms with E-state index in [-0.39, 0.29) is 5.91 Å². The normalized spacial score (nSPS) is 11.3. The van der Waals surface area contributed by atoms with Gasteiger partial charge in [-0.3, -0.25) is 19.9 Å². The van der Waals surface area contributed by atoms with Crippen LogP contribution >= 0.6 is 0 Å². The van der Waals surface area contributed by atoms with Crippen LogP contribution in [-0.2, 0) is 0 Å². The second-order valence-electron chi connectivity index (χ2n) is 9.34. The standard InChI is InChI=1S/C30H22N8O/c1-18-16-38(17-33-18)28-15-32-14-27-23(28)11-26(35-27)29-24-10-20(7-8-25(24)36-37-29)21-9-22(13-31-12-21)34-30(39)19-5-3-2-4-6-19/h2-17,35H,1H3,(H,34,39)(H,36,37). The lowest BCUT2D eigenvalue weighted by Crippen LogP contribution is -2.11. The highest BCUT2D eigenvalue weighted by atomic mass is 16.1. The molecular formula is C30H22N8O. The average Bonchev–Trinajstić information content (AvgIpc) is 3.71. The van der Waals surface area contributed by atoms with Crippen molar-refractivity contribution >= 4 is 33.4 Å². The van der Waals surface area contributed by atoms with Crippen LogP contribution < -0.4 is 5.32 Å². The number of hydrogen-bond donors (Lipinski definition) is 3.